The fourth-order valence-electron chi connectivity index (χ4n) is 3.50. The number of nitrogens with two attached hydrogens (primary N) is 1. The molecule has 21 heavy (non-hydrogen) atoms. The first-order valence-electron chi connectivity index (χ1n) is 8.05. The number of anilines is 1. The Morgan fingerprint density at radius 1 is 1.24 bits per heavy atom. The molecule has 112 valence electrons. The summed E-state index contributed by atoms with van der Waals surface area (Å²) in [5.74, 6) is 2.61. The van der Waals surface area contributed by atoms with Gasteiger partial charge in [-0.1, -0.05) is 30.5 Å². The van der Waals surface area contributed by atoms with Crippen LogP contribution in [0.15, 0.2) is 18.2 Å². The summed E-state index contributed by atoms with van der Waals surface area (Å²) in [5, 5.41) is 0. The predicted molar refractivity (Wildman–Crippen MR) is 88.4 cm³/mol. The van der Waals surface area contributed by atoms with Crippen LogP contribution in [-0.2, 0) is 6.54 Å². The molecule has 1 aliphatic carbocycles. The van der Waals surface area contributed by atoms with Gasteiger partial charge in [0.15, 0.2) is 0 Å². The van der Waals surface area contributed by atoms with Crippen molar-refractivity contribution in [1.82, 2.24) is 9.55 Å². The lowest BCUT2D eigenvalue weighted by Crippen LogP contribution is -2.08. The Bertz CT molecular complexity index is 649. The van der Waals surface area contributed by atoms with E-state index in [-0.39, 0.29) is 0 Å². The molecule has 0 unspecified atom stereocenters. The maximum atomic E-state index is 6.43. The number of rotatable bonds is 3. The van der Waals surface area contributed by atoms with E-state index in [1.807, 2.05) is 0 Å². The van der Waals surface area contributed by atoms with E-state index in [0.717, 1.165) is 18.1 Å². The molecule has 1 saturated carbocycles. The van der Waals surface area contributed by atoms with E-state index in [9.17, 15) is 0 Å². The third-order valence-electron chi connectivity index (χ3n) is 4.72. The zero-order chi connectivity index (χ0) is 15.0. The molecule has 1 heterocycles. The van der Waals surface area contributed by atoms with Crippen molar-refractivity contribution < 1.29 is 0 Å². The molecule has 0 spiro atoms. The fraction of sp³-hybridized carbons (Fsp3) is 0.500. The first-order valence-corrected chi connectivity index (χ1v) is 8.05. The molecule has 0 atom stereocenters. The Kier molecular flexibility index (Phi) is 3.75. The quantitative estimate of drug-likeness (QED) is 0.905. The molecule has 1 fully saturated rings. The van der Waals surface area contributed by atoms with Gasteiger partial charge < -0.3 is 10.3 Å². The van der Waals surface area contributed by atoms with E-state index < -0.39 is 0 Å². The average Bonchev–Trinajstić information content (AvgIpc) is 3.09. The Labute approximate surface area is 127 Å². The van der Waals surface area contributed by atoms with Gasteiger partial charge in [0.05, 0.1) is 0 Å². The summed E-state index contributed by atoms with van der Waals surface area (Å²) in [7, 11) is 0. The highest BCUT2D eigenvalue weighted by molar-refractivity contribution is 5.74. The van der Waals surface area contributed by atoms with E-state index in [2.05, 4.69) is 43.5 Å². The lowest BCUT2D eigenvalue weighted by atomic mass is 10.0. The lowest BCUT2D eigenvalue weighted by molar-refractivity contribution is 0.604. The van der Waals surface area contributed by atoms with Crippen LogP contribution in [0.3, 0.4) is 0 Å². The number of hydrogen-bond donors (Lipinski definition) is 1. The first-order chi connectivity index (χ1) is 10.1. The lowest BCUT2D eigenvalue weighted by Gasteiger charge is -2.11. The smallest absolute Gasteiger partial charge is 0.131 e. The van der Waals surface area contributed by atoms with Gasteiger partial charge >= 0.3 is 0 Å². The van der Waals surface area contributed by atoms with Gasteiger partial charge in [0, 0.05) is 18.0 Å². The number of aromatic nitrogens is 2. The highest BCUT2D eigenvalue weighted by Crippen LogP contribution is 2.38. The number of imidazole rings is 1. The van der Waals surface area contributed by atoms with Crippen molar-refractivity contribution >= 4 is 5.82 Å². The van der Waals surface area contributed by atoms with Gasteiger partial charge in [0.25, 0.3) is 0 Å². The third kappa shape index (κ3) is 2.45. The minimum atomic E-state index is 0.589. The van der Waals surface area contributed by atoms with Crippen molar-refractivity contribution in [2.24, 2.45) is 0 Å². The highest BCUT2D eigenvalue weighted by atomic mass is 15.1. The van der Waals surface area contributed by atoms with Gasteiger partial charge in [-0.3, -0.25) is 0 Å². The van der Waals surface area contributed by atoms with Crippen LogP contribution >= 0.6 is 0 Å². The zero-order valence-corrected chi connectivity index (χ0v) is 13.3. The number of nitrogens with zero attached hydrogens (tertiary/aromatic N) is 2. The normalized spacial score (nSPS) is 15.8. The van der Waals surface area contributed by atoms with Gasteiger partial charge in [0.2, 0.25) is 0 Å². The average molecular weight is 283 g/mol. The Morgan fingerprint density at radius 3 is 2.62 bits per heavy atom. The van der Waals surface area contributed by atoms with Crippen molar-refractivity contribution in [3.63, 3.8) is 0 Å². The van der Waals surface area contributed by atoms with Gasteiger partial charge in [-0.05, 0) is 45.2 Å². The van der Waals surface area contributed by atoms with Crippen LogP contribution in [0.1, 0.15) is 55.5 Å². The third-order valence-corrected chi connectivity index (χ3v) is 4.72. The van der Waals surface area contributed by atoms with E-state index in [1.54, 1.807) is 0 Å². The molecule has 0 aliphatic heterocycles. The molecule has 3 rings (SSSR count). The van der Waals surface area contributed by atoms with Crippen LogP contribution in [0.25, 0.3) is 11.3 Å². The highest BCUT2D eigenvalue weighted by Gasteiger charge is 2.25. The fourth-order valence-corrected chi connectivity index (χ4v) is 3.50. The molecule has 2 N–H and O–H groups in total. The van der Waals surface area contributed by atoms with Crippen LogP contribution in [0, 0.1) is 13.8 Å². The SMILES string of the molecule is CCn1c(C2CCCC2)nc(-c2cc(C)ccc2C)c1N. The van der Waals surface area contributed by atoms with Gasteiger partial charge in [0.1, 0.15) is 17.3 Å². The second-order valence-corrected chi connectivity index (χ2v) is 6.25. The summed E-state index contributed by atoms with van der Waals surface area (Å²) in [4.78, 5) is 4.97. The molecule has 3 heteroatoms. The monoisotopic (exact) mass is 283 g/mol. The van der Waals surface area contributed by atoms with E-state index in [4.69, 9.17) is 10.7 Å². The summed E-state index contributed by atoms with van der Waals surface area (Å²) in [6.45, 7) is 7.31. The van der Waals surface area contributed by atoms with Gasteiger partial charge in [-0.15, -0.1) is 0 Å². The first kappa shape index (κ1) is 14.2. The molecule has 0 amide bonds. The van der Waals surface area contributed by atoms with Crippen LogP contribution in [0.2, 0.25) is 0 Å². The maximum Gasteiger partial charge on any atom is 0.131 e. The van der Waals surface area contributed by atoms with E-state index in [1.165, 1.54) is 48.2 Å². The Morgan fingerprint density at radius 2 is 1.95 bits per heavy atom. The minimum absolute atomic E-state index is 0.589. The van der Waals surface area contributed by atoms with Crippen molar-refractivity contribution in [3.8, 4) is 11.3 Å². The molecule has 0 bridgehead atoms. The second kappa shape index (κ2) is 5.55. The van der Waals surface area contributed by atoms with Crippen LogP contribution in [-0.4, -0.2) is 9.55 Å². The Hall–Kier alpha value is -1.77. The van der Waals surface area contributed by atoms with Gasteiger partial charge in [-0.2, -0.15) is 0 Å². The Balaban J connectivity index is 2.12. The molecule has 0 saturated heterocycles. The molecular weight excluding hydrogens is 258 g/mol. The second-order valence-electron chi connectivity index (χ2n) is 6.25. The molecule has 1 aromatic carbocycles. The molecule has 2 aromatic rings. The van der Waals surface area contributed by atoms with Gasteiger partial charge in [-0.25, -0.2) is 4.98 Å². The number of nitrogen functional groups attached to an aromatic ring is 1. The molecule has 0 radical (unpaired) electrons. The molecule has 1 aromatic heterocycles. The van der Waals surface area contributed by atoms with Crippen LogP contribution in [0.5, 0.6) is 0 Å². The molecule has 1 aliphatic rings. The standard InChI is InChI=1S/C18H25N3/c1-4-21-17(19)16(15-11-12(2)9-10-13(15)3)20-18(21)14-7-5-6-8-14/h9-11,14H,4-8,19H2,1-3H3. The zero-order valence-electron chi connectivity index (χ0n) is 13.3. The van der Waals surface area contributed by atoms with Crippen molar-refractivity contribution in [2.45, 2.75) is 58.9 Å². The maximum absolute atomic E-state index is 6.43. The minimum Gasteiger partial charge on any atom is -0.383 e. The molecular formula is C18H25N3. The summed E-state index contributed by atoms with van der Waals surface area (Å²) in [6, 6.07) is 6.50. The summed E-state index contributed by atoms with van der Waals surface area (Å²) in [5.41, 5.74) is 11.1. The van der Waals surface area contributed by atoms with Crippen LogP contribution < -0.4 is 5.73 Å². The van der Waals surface area contributed by atoms with Crippen molar-refractivity contribution in [2.75, 3.05) is 5.73 Å². The number of aryl methyl sites for hydroxylation is 2. The largest absolute Gasteiger partial charge is 0.383 e. The number of benzene rings is 1. The summed E-state index contributed by atoms with van der Waals surface area (Å²) >= 11 is 0. The van der Waals surface area contributed by atoms with Crippen molar-refractivity contribution in [1.29, 1.82) is 0 Å². The predicted octanol–water partition coefficient (Wildman–Crippen LogP) is 4.43. The van der Waals surface area contributed by atoms with Crippen LogP contribution in [0.4, 0.5) is 5.82 Å². The molecule has 3 nitrogen and oxygen atoms in total. The number of hydrogen-bond acceptors (Lipinski definition) is 2. The summed E-state index contributed by atoms with van der Waals surface area (Å²) in [6.07, 6.45) is 5.14. The van der Waals surface area contributed by atoms with E-state index >= 15 is 0 Å². The summed E-state index contributed by atoms with van der Waals surface area (Å²) < 4.78 is 2.22. The van der Waals surface area contributed by atoms with Crippen molar-refractivity contribution in [3.05, 3.63) is 35.2 Å². The topological polar surface area (TPSA) is 43.8 Å². The van der Waals surface area contributed by atoms with E-state index in [0.29, 0.717) is 5.92 Å².